The number of aliphatic hydroxyl groups is 1. The maximum absolute atomic E-state index is 14.3. The van der Waals surface area contributed by atoms with Gasteiger partial charge in [-0.1, -0.05) is 6.58 Å². The third-order valence-electron chi connectivity index (χ3n) is 4.01. The molecule has 0 aliphatic rings. The van der Waals surface area contributed by atoms with Crippen LogP contribution in [0.2, 0.25) is 0 Å². The van der Waals surface area contributed by atoms with Crippen LogP contribution in [0.5, 0.6) is 0 Å². The summed E-state index contributed by atoms with van der Waals surface area (Å²) in [7, 11) is 1.59. The average molecular weight is 335 g/mol. The monoisotopic (exact) mass is 335 g/mol. The predicted molar refractivity (Wildman–Crippen MR) is 89.4 cm³/mol. The standard InChI is InChI=1S/C19H20F3NO/c1-10-5-14(20)6-11(2)18(10)13-8-15(19(22)16(21)9-13)17(23-4)7-12(3)24/h5-6,8-9,17,23-24H,3,7H2,1-2,4H3. The van der Waals surface area contributed by atoms with E-state index in [9.17, 15) is 18.3 Å². The minimum Gasteiger partial charge on any atom is -0.513 e. The molecule has 0 saturated carbocycles. The molecule has 2 nitrogen and oxygen atoms in total. The molecule has 0 heterocycles. The summed E-state index contributed by atoms with van der Waals surface area (Å²) in [5.41, 5.74) is 2.48. The van der Waals surface area contributed by atoms with Crippen LogP contribution in [-0.4, -0.2) is 12.2 Å². The highest BCUT2D eigenvalue weighted by Gasteiger charge is 2.21. The fourth-order valence-electron chi connectivity index (χ4n) is 2.98. The minimum atomic E-state index is -0.991. The Balaban J connectivity index is 2.64. The first kappa shape index (κ1) is 18.1. The van der Waals surface area contributed by atoms with Gasteiger partial charge < -0.3 is 10.4 Å². The second kappa shape index (κ2) is 7.09. The van der Waals surface area contributed by atoms with Crippen molar-refractivity contribution in [2.45, 2.75) is 26.3 Å². The van der Waals surface area contributed by atoms with Gasteiger partial charge >= 0.3 is 0 Å². The van der Waals surface area contributed by atoms with E-state index in [1.807, 2.05) is 0 Å². The Morgan fingerprint density at radius 2 is 1.71 bits per heavy atom. The first-order valence-corrected chi connectivity index (χ1v) is 7.54. The normalized spacial score (nSPS) is 12.2. The molecule has 128 valence electrons. The van der Waals surface area contributed by atoms with E-state index in [0.717, 1.165) is 6.07 Å². The lowest BCUT2D eigenvalue weighted by atomic mass is 9.92. The molecule has 24 heavy (non-hydrogen) atoms. The summed E-state index contributed by atoms with van der Waals surface area (Å²) in [5, 5.41) is 12.2. The quantitative estimate of drug-likeness (QED) is 0.744. The van der Waals surface area contributed by atoms with Gasteiger partial charge in [0.05, 0.1) is 5.76 Å². The smallest absolute Gasteiger partial charge is 0.163 e. The number of aryl methyl sites for hydroxylation is 2. The van der Waals surface area contributed by atoms with Crippen LogP contribution < -0.4 is 5.32 Å². The van der Waals surface area contributed by atoms with E-state index in [4.69, 9.17) is 0 Å². The fraction of sp³-hybridized carbons (Fsp3) is 0.263. The second-order valence-corrected chi connectivity index (χ2v) is 5.89. The zero-order chi connectivity index (χ0) is 18.0. The summed E-state index contributed by atoms with van der Waals surface area (Å²) < 4.78 is 41.9. The van der Waals surface area contributed by atoms with Crippen molar-refractivity contribution >= 4 is 0 Å². The van der Waals surface area contributed by atoms with E-state index >= 15 is 0 Å². The van der Waals surface area contributed by atoms with Gasteiger partial charge in [0.15, 0.2) is 11.6 Å². The molecular formula is C19H20F3NO. The van der Waals surface area contributed by atoms with Gasteiger partial charge in [-0.3, -0.25) is 0 Å². The van der Waals surface area contributed by atoms with Crippen molar-refractivity contribution in [1.29, 1.82) is 0 Å². The summed E-state index contributed by atoms with van der Waals surface area (Å²) >= 11 is 0. The van der Waals surface area contributed by atoms with Gasteiger partial charge in [-0.15, -0.1) is 0 Å². The fourth-order valence-corrected chi connectivity index (χ4v) is 2.98. The molecule has 1 unspecified atom stereocenters. The lowest BCUT2D eigenvalue weighted by Gasteiger charge is -2.19. The topological polar surface area (TPSA) is 32.3 Å². The highest BCUT2D eigenvalue weighted by Crippen LogP contribution is 2.33. The summed E-state index contributed by atoms with van der Waals surface area (Å²) in [5.74, 6) is -2.47. The van der Waals surface area contributed by atoms with Crippen molar-refractivity contribution in [2.24, 2.45) is 0 Å². The van der Waals surface area contributed by atoms with Crippen LogP contribution in [0.3, 0.4) is 0 Å². The van der Waals surface area contributed by atoms with Crippen molar-refractivity contribution in [2.75, 3.05) is 7.05 Å². The molecular weight excluding hydrogens is 315 g/mol. The number of hydrogen-bond acceptors (Lipinski definition) is 2. The Bertz CT molecular complexity index is 763. The summed E-state index contributed by atoms with van der Waals surface area (Å²) in [6.07, 6.45) is 0.0533. The number of hydrogen-bond donors (Lipinski definition) is 2. The third-order valence-corrected chi connectivity index (χ3v) is 4.01. The van der Waals surface area contributed by atoms with Crippen LogP contribution in [0.25, 0.3) is 11.1 Å². The first-order chi connectivity index (χ1) is 11.2. The molecule has 2 N–H and O–H groups in total. The first-order valence-electron chi connectivity index (χ1n) is 7.54. The van der Waals surface area contributed by atoms with Crippen LogP contribution in [0.4, 0.5) is 13.2 Å². The van der Waals surface area contributed by atoms with E-state index in [1.165, 1.54) is 18.2 Å². The van der Waals surface area contributed by atoms with Gasteiger partial charge in [0.25, 0.3) is 0 Å². The maximum Gasteiger partial charge on any atom is 0.163 e. The van der Waals surface area contributed by atoms with E-state index in [-0.39, 0.29) is 23.6 Å². The van der Waals surface area contributed by atoms with Gasteiger partial charge in [0.2, 0.25) is 0 Å². The van der Waals surface area contributed by atoms with Crippen molar-refractivity contribution in [3.8, 4) is 11.1 Å². The zero-order valence-corrected chi connectivity index (χ0v) is 13.9. The molecule has 1 atom stereocenters. The molecule has 0 radical (unpaired) electrons. The molecule has 2 aromatic rings. The van der Waals surface area contributed by atoms with Gasteiger partial charge in [-0.2, -0.15) is 0 Å². The van der Waals surface area contributed by atoms with Crippen molar-refractivity contribution in [1.82, 2.24) is 5.32 Å². The average Bonchev–Trinajstić information content (AvgIpc) is 2.47. The van der Waals surface area contributed by atoms with E-state index < -0.39 is 17.7 Å². The summed E-state index contributed by atoms with van der Waals surface area (Å²) in [6, 6.07) is 4.71. The van der Waals surface area contributed by atoms with Crippen molar-refractivity contribution in [3.05, 3.63) is 70.7 Å². The predicted octanol–water partition coefficient (Wildman–Crippen LogP) is 5.11. The van der Waals surface area contributed by atoms with Crippen LogP contribution in [-0.2, 0) is 0 Å². The van der Waals surface area contributed by atoms with Crippen LogP contribution in [0.15, 0.2) is 36.6 Å². The third kappa shape index (κ3) is 3.62. The Labute approximate surface area is 139 Å². The number of halogens is 3. The molecule has 5 heteroatoms. The Morgan fingerprint density at radius 3 is 2.21 bits per heavy atom. The lowest BCUT2D eigenvalue weighted by Crippen LogP contribution is -2.19. The largest absolute Gasteiger partial charge is 0.513 e. The Kier molecular flexibility index (Phi) is 5.34. The molecule has 0 spiro atoms. The summed E-state index contributed by atoms with van der Waals surface area (Å²) in [4.78, 5) is 0. The van der Waals surface area contributed by atoms with Gasteiger partial charge in [-0.25, -0.2) is 13.2 Å². The van der Waals surface area contributed by atoms with E-state index in [1.54, 1.807) is 20.9 Å². The Hall–Kier alpha value is -2.27. The number of benzene rings is 2. The highest BCUT2D eigenvalue weighted by molar-refractivity contribution is 5.71. The Morgan fingerprint density at radius 1 is 1.12 bits per heavy atom. The van der Waals surface area contributed by atoms with Crippen LogP contribution in [0, 0.1) is 31.3 Å². The SMILES string of the molecule is C=C(O)CC(NC)c1cc(-c2c(C)cc(F)cc2C)cc(F)c1F. The maximum atomic E-state index is 14.3. The molecule has 2 rings (SSSR count). The number of rotatable bonds is 5. The van der Waals surface area contributed by atoms with Gasteiger partial charge in [-0.05, 0) is 67.4 Å². The molecule has 2 aromatic carbocycles. The van der Waals surface area contributed by atoms with Crippen molar-refractivity contribution < 1.29 is 18.3 Å². The number of aliphatic hydroxyl groups excluding tert-OH is 1. The molecule has 0 aliphatic carbocycles. The van der Waals surface area contributed by atoms with E-state index in [0.29, 0.717) is 22.3 Å². The van der Waals surface area contributed by atoms with Crippen molar-refractivity contribution in [3.63, 3.8) is 0 Å². The molecule has 0 amide bonds. The van der Waals surface area contributed by atoms with Gasteiger partial charge in [0, 0.05) is 18.0 Å². The van der Waals surface area contributed by atoms with Crippen LogP contribution >= 0.6 is 0 Å². The summed E-state index contributed by atoms with van der Waals surface area (Å²) in [6.45, 7) is 6.84. The zero-order valence-electron chi connectivity index (χ0n) is 13.9. The van der Waals surface area contributed by atoms with Crippen LogP contribution in [0.1, 0.15) is 29.2 Å². The highest BCUT2D eigenvalue weighted by atomic mass is 19.2. The molecule has 0 aromatic heterocycles. The molecule has 0 bridgehead atoms. The minimum absolute atomic E-state index is 0.0533. The number of nitrogens with one attached hydrogen (secondary N) is 1. The molecule has 0 saturated heterocycles. The molecule has 0 fully saturated rings. The lowest BCUT2D eigenvalue weighted by molar-refractivity contribution is 0.362. The van der Waals surface area contributed by atoms with E-state index in [2.05, 4.69) is 11.9 Å². The second-order valence-electron chi connectivity index (χ2n) is 5.89. The van der Waals surface area contributed by atoms with Gasteiger partial charge in [0.1, 0.15) is 5.82 Å². The molecule has 0 aliphatic heterocycles.